The summed E-state index contributed by atoms with van der Waals surface area (Å²) in [6.45, 7) is 2.58. The summed E-state index contributed by atoms with van der Waals surface area (Å²) in [5.41, 5.74) is 1.08. The molecule has 1 fully saturated rings. The number of aromatic nitrogens is 1. The predicted octanol–water partition coefficient (Wildman–Crippen LogP) is 1.62. The minimum Gasteiger partial charge on any atom is -0.481 e. The second-order valence-electron chi connectivity index (χ2n) is 7.04. The molecule has 0 aliphatic carbocycles. The topological polar surface area (TPSA) is 91.6 Å². The van der Waals surface area contributed by atoms with Gasteiger partial charge in [-0.25, -0.2) is 4.79 Å². The van der Waals surface area contributed by atoms with Crippen LogP contribution in [-0.4, -0.2) is 46.2 Å². The summed E-state index contributed by atoms with van der Waals surface area (Å²) >= 11 is 0. The fourth-order valence-electron chi connectivity index (χ4n) is 3.95. The van der Waals surface area contributed by atoms with Gasteiger partial charge in [0.25, 0.3) is 5.56 Å². The molecule has 7 nitrogen and oxygen atoms in total. The van der Waals surface area contributed by atoms with E-state index in [1.54, 1.807) is 12.1 Å². The van der Waals surface area contributed by atoms with Crippen LogP contribution in [0.15, 0.2) is 23.0 Å². The number of piperidine rings is 1. The molecule has 2 unspecified atom stereocenters. The number of nitrogens with zero attached hydrogens (tertiary/aromatic N) is 2. The van der Waals surface area contributed by atoms with Crippen molar-refractivity contribution in [2.24, 2.45) is 5.92 Å². The normalized spacial score (nSPS) is 21.5. The van der Waals surface area contributed by atoms with Crippen molar-refractivity contribution in [3.63, 3.8) is 0 Å². The summed E-state index contributed by atoms with van der Waals surface area (Å²) < 4.78 is 1.86. The Kier molecular flexibility index (Phi) is 5.40. The number of aliphatic carboxylic acids is 1. The number of carboxylic acid groups (broad SMARTS) is 1. The molecular weight excluding hydrogens is 322 g/mol. The molecule has 3 heterocycles. The second-order valence-corrected chi connectivity index (χ2v) is 7.04. The van der Waals surface area contributed by atoms with Crippen molar-refractivity contribution >= 4 is 12.0 Å². The van der Waals surface area contributed by atoms with E-state index >= 15 is 0 Å². The summed E-state index contributed by atoms with van der Waals surface area (Å²) in [5, 5.41) is 11.5. The third kappa shape index (κ3) is 4.21. The molecule has 2 bridgehead atoms. The number of pyridine rings is 1. The summed E-state index contributed by atoms with van der Waals surface area (Å²) in [7, 11) is 0. The highest BCUT2D eigenvalue weighted by atomic mass is 16.4. The van der Waals surface area contributed by atoms with Crippen molar-refractivity contribution in [3.05, 3.63) is 34.2 Å². The fourth-order valence-corrected chi connectivity index (χ4v) is 3.95. The van der Waals surface area contributed by atoms with Gasteiger partial charge in [-0.05, 0) is 31.2 Å². The Labute approximate surface area is 146 Å². The molecule has 2 aliphatic rings. The number of rotatable bonds is 6. The molecule has 136 valence electrons. The van der Waals surface area contributed by atoms with E-state index in [2.05, 4.69) is 5.32 Å². The Balaban J connectivity index is 1.50. The smallest absolute Gasteiger partial charge is 0.317 e. The Hall–Kier alpha value is -2.31. The maximum atomic E-state index is 12.4. The first-order valence-corrected chi connectivity index (χ1v) is 8.99. The van der Waals surface area contributed by atoms with Crippen LogP contribution in [-0.2, 0) is 11.3 Å². The quantitative estimate of drug-likeness (QED) is 0.765. The van der Waals surface area contributed by atoms with Gasteiger partial charge in [-0.2, -0.15) is 0 Å². The first kappa shape index (κ1) is 17.5. The lowest BCUT2D eigenvalue weighted by molar-refractivity contribution is -0.137. The van der Waals surface area contributed by atoms with E-state index in [9.17, 15) is 14.4 Å². The highest BCUT2D eigenvalue weighted by Gasteiger charge is 2.36. The van der Waals surface area contributed by atoms with Gasteiger partial charge in [-0.3, -0.25) is 9.59 Å². The van der Waals surface area contributed by atoms with Crippen LogP contribution >= 0.6 is 0 Å². The lowest BCUT2D eigenvalue weighted by Crippen LogP contribution is -2.52. The minimum absolute atomic E-state index is 0.0477. The van der Waals surface area contributed by atoms with Crippen LogP contribution in [0, 0.1) is 5.92 Å². The maximum Gasteiger partial charge on any atom is 0.317 e. The van der Waals surface area contributed by atoms with Crippen LogP contribution in [0.5, 0.6) is 0 Å². The number of amides is 2. The van der Waals surface area contributed by atoms with E-state index in [1.807, 2.05) is 15.5 Å². The lowest BCUT2D eigenvalue weighted by atomic mass is 9.83. The first-order valence-electron chi connectivity index (χ1n) is 8.99. The van der Waals surface area contributed by atoms with E-state index in [4.69, 9.17) is 5.11 Å². The van der Waals surface area contributed by atoms with Crippen molar-refractivity contribution in [3.8, 4) is 0 Å². The summed E-state index contributed by atoms with van der Waals surface area (Å²) in [6, 6.07) is 5.33. The van der Waals surface area contributed by atoms with E-state index < -0.39 is 5.97 Å². The largest absolute Gasteiger partial charge is 0.481 e. The predicted molar refractivity (Wildman–Crippen MR) is 92.6 cm³/mol. The number of hydrogen-bond donors (Lipinski definition) is 2. The van der Waals surface area contributed by atoms with Crippen LogP contribution < -0.4 is 10.9 Å². The van der Waals surface area contributed by atoms with Crippen LogP contribution in [0.2, 0.25) is 0 Å². The molecule has 1 aromatic rings. The molecule has 25 heavy (non-hydrogen) atoms. The molecule has 2 aliphatic heterocycles. The van der Waals surface area contributed by atoms with E-state index in [0.29, 0.717) is 38.5 Å². The van der Waals surface area contributed by atoms with Gasteiger partial charge < -0.3 is 19.9 Å². The average Bonchev–Trinajstić information content (AvgIpc) is 2.58. The first-order chi connectivity index (χ1) is 12.0. The van der Waals surface area contributed by atoms with Gasteiger partial charge in [-0.15, -0.1) is 0 Å². The molecule has 2 atom stereocenters. The standard InChI is InChI=1S/C18H25N3O4/c22-16-6-4-5-15-14-9-13(11-21(15)16)10-20(12-14)18(25)19-8-3-1-2-7-17(23)24/h4-6,13-14H,1-3,7-12H2,(H,19,25)(H,23,24). The number of hydrogen-bond acceptors (Lipinski definition) is 3. The average molecular weight is 347 g/mol. The van der Waals surface area contributed by atoms with Crippen LogP contribution in [0.4, 0.5) is 4.79 Å². The van der Waals surface area contributed by atoms with Crippen molar-refractivity contribution in [1.29, 1.82) is 0 Å². The van der Waals surface area contributed by atoms with Crippen molar-refractivity contribution < 1.29 is 14.7 Å². The van der Waals surface area contributed by atoms with Crippen molar-refractivity contribution in [2.75, 3.05) is 19.6 Å². The zero-order chi connectivity index (χ0) is 17.8. The number of carboxylic acids is 1. The molecule has 0 aromatic carbocycles. The van der Waals surface area contributed by atoms with Crippen molar-refractivity contribution in [1.82, 2.24) is 14.8 Å². The Morgan fingerprint density at radius 2 is 2.00 bits per heavy atom. The maximum absolute atomic E-state index is 12.4. The molecule has 0 spiro atoms. The molecule has 3 rings (SSSR count). The number of carbonyl (C=O) groups excluding carboxylic acids is 1. The molecule has 2 N–H and O–H groups in total. The Morgan fingerprint density at radius 3 is 2.80 bits per heavy atom. The van der Waals surface area contributed by atoms with Gasteiger partial charge in [0.15, 0.2) is 0 Å². The SMILES string of the molecule is O=C(O)CCCCCNC(=O)N1CC2CC(C1)c1cccc(=O)n1C2. The van der Waals surface area contributed by atoms with Gasteiger partial charge in [0.1, 0.15) is 0 Å². The molecule has 1 aromatic heterocycles. The van der Waals surface area contributed by atoms with E-state index in [0.717, 1.165) is 25.0 Å². The molecule has 0 radical (unpaired) electrons. The number of nitrogens with one attached hydrogen (secondary N) is 1. The third-order valence-corrected chi connectivity index (χ3v) is 5.11. The van der Waals surface area contributed by atoms with Gasteiger partial charge in [-0.1, -0.05) is 12.5 Å². The zero-order valence-corrected chi connectivity index (χ0v) is 14.3. The fraction of sp³-hybridized carbons (Fsp3) is 0.611. The van der Waals surface area contributed by atoms with Crippen LogP contribution in [0.1, 0.15) is 43.7 Å². The van der Waals surface area contributed by atoms with Gasteiger partial charge >= 0.3 is 12.0 Å². The number of urea groups is 1. The monoisotopic (exact) mass is 347 g/mol. The van der Waals surface area contributed by atoms with Gasteiger partial charge in [0.2, 0.25) is 0 Å². The summed E-state index contributed by atoms with van der Waals surface area (Å²) in [4.78, 5) is 36.7. The Morgan fingerprint density at radius 1 is 1.16 bits per heavy atom. The second kappa shape index (κ2) is 7.72. The lowest BCUT2D eigenvalue weighted by Gasteiger charge is -2.42. The van der Waals surface area contributed by atoms with E-state index in [-0.39, 0.29) is 23.9 Å². The number of fused-ring (bicyclic) bond motifs is 4. The third-order valence-electron chi connectivity index (χ3n) is 5.11. The summed E-state index contributed by atoms with van der Waals surface area (Å²) in [5.74, 6) is -0.223. The number of carbonyl (C=O) groups is 2. The molecule has 1 saturated heterocycles. The number of likely N-dealkylation sites (tertiary alicyclic amines) is 1. The van der Waals surface area contributed by atoms with Crippen LogP contribution in [0.25, 0.3) is 0 Å². The Bertz CT molecular complexity index is 700. The van der Waals surface area contributed by atoms with Crippen molar-refractivity contribution in [2.45, 2.75) is 44.6 Å². The van der Waals surface area contributed by atoms with Gasteiger partial charge in [0.05, 0.1) is 0 Å². The van der Waals surface area contributed by atoms with Gasteiger partial charge in [0, 0.05) is 50.3 Å². The molecular formula is C18H25N3O4. The molecule has 0 saturated carbocycles. The highest BCUT2D eigenvalue weighted by molar-refractivity contribution is 5.74. The van der Waals surface area contributed by atoms with E-state index in [1.165, 1.54) is 0 Å². The van der Waals surface area contributed by atoms with Crippen LogP contribution in [0.3, 0.4) is 0 Å². The number of unbranched alkanes of at least 4 members (excludes halogenated alkanes) is 2. The minimum atomic E-state index is -0.775. The summed E-state index contributed by atoms with van der Waals surface area (Å²) in [6.07, 6.45) is 3.45. The molecule has 2 amide bonds. The highest BCUT2D eigenvalue weighted by Crippen LogP contribution is 2.34. The molecule has 7 heteroatoms. The zero-order valence-electron chi connectivity index (χ0n) is 14.3.